The molecule has 1 unspecified atom stereocenters. The quantitative estimate of drug-likeness (QED) is 0.841. The van der Waals surface area contributed by atoms with Crippen molar-refractivity contribution in [1.29, 1.82) is 0 Å². The summed E-state index contributed by atoms with van der Waals surface area (Å²) < 4.78 is 14.4. The second-order valence-electron chi connectivity index (χ2n) is 5.74. The number of imide groups is 1. The number of amides is 2. The molecule has 5 nitrogen and oxygen atoms in total. The molecule has 22 heavy (non-hydrogen) atoms. The molecule has 0 bridgehead atoms. The lowest BCUT2D eigenvalue weighted by molar-refractivity contribution is -0.134. The van der Waals surface area contributed by atoms with Gasteiger partial charge in [-0.3, -0.25) is 19.7 Å². The average molecular weight is 304 g/mol. The molecule has 6 heteroatoms. The van der Waals surface area contributed by atoms with Crippen LogP contribution < -0.4 is 10.2 Å². The van der Waals surface area contributed by atoms with Crippen LogP contribution in [-0.4, -0.2) is 30.7 Å². The summed E-state index contributed by atoms with van der Waals surface area (Å²) in [5.74, 6) is -1.32. The predicted molar refractivity (Wildman–Crippen MR) is 78.0 cm³/mol. The molecule has 2 saturated heterocycles. The van der Waals surface area contributed by atoms with Crippen LogP contribution in [0, 0.1) is 5.82 Å². The molecule has 0 aromatic heterocycles. The number of nitrogens with one attached hydrogen (secondary N) is 1. The Hall–Kier alpha value is -2.24. The number of carbonyl (C=O) groups excluding carboxylic acids is 3. The molecule has 0 saturated carbocycles. The van der Waals surface area contributed by atoms with Crippen LogP contribution in [0.15, 0.2) is 18.2 Å². The Morgan fingerprint density at radius 1 is 1.09 bits per heavy atom. The standard InChI is InChI=1S/C16H17FN2O3/c17-13-9-10(12-2-4-15(21)18-16(12)22)1-3-14(13)19-7-5-11(20)6-8-19/h1,3,9,12H,2,4-8H2,(H,18,21,22). The normalized spacial score (nSPS) is 22.7. The molecule has 1 aromatic rings. The highest BCUT2D eigenvalue weighted by Crippen LogP contribution is 2.29. The van der Waals surface area contributed by atoms with E-state index in [9.17, 15) is 18.8 Å². The zero-order chi connectivity index (χ0) is 15.7. The summed E-state index contributed by atoms with van der Waals surface area (Å²) in [5.41, 5.74) is 1.04. The Labute approximate surface area is 127 Å². The van der Waals surface area contributed by atoms with Crippen molar-refractivity contribution >= 4 is 23.3 Å². The molecule has 2 heterocycles. The fourth-order valence-electron chi connectivity index (χ4n) is 3.00. The molecule has 0 aliphatic carbocycles. The van der Waals surface area contributed by atoms with E-state index in [2.05, 4.69) is 5.32 Å². The van der Waals surface area contributed by atoms with Crippen molar-refractivity contribution in [3.8, 4) is 0 Å². The molecule has 3 rings (SSSR count). The van der Waals surface area contributed by atoms with Crippen LogP contribution in [0.5, 0.6) is 0 Å². The van der Waals surface area contributed by atoms with Gasteiger partial charge in [0, 0.05) is 32.4 Å². The first kappa shape index (κ1) is 14.7. The second-order valence-corrected chi connectivity index (χ2v) is 5.74. The minimum atomic E-state index is -0.482. The molecular formula is C16H17FN2O3. The number of rotatable bonds is 2. The number of hydrogen-bond donors (Lipinski definition) is 1. The summed E-state index contributed by atoms with van der Waals surface area (Å²) in [6.07, 6.45) is 1.55. The first-order chi connectivity index (χ1) is 10.5. The highest BCUT2D eigenvalue weighted by Gasteiger charge is 2.29. The van der Waals surface area contributed by atoms with E-state index in [1.807, 2.05) is 4.90 Å². The average Bonchev–Trinajstić information content (AvgIpc) is 2.48. The van der Waals surface area contributed by atoms with Gasteiger partial charge in [-0.25, -0.2) is 4.39 Å². The van der Waals surface area contributed by atoms with Gasteiger partial charge in [-0.15, -0.1) is 0 Å². The molecule has 116 valence electrons. The fourth-order valence-corrected chi connectivity index (χ4v) is 3.00. The number of piperidine rings is 2. The van der Waals surface area contributed by atoms with Crippen LogP contribution >= 0.6 is 0 Å². The summed E-state index contributed by atoms with van der Waals surface area (Å²) in [5, 5.41) is 2.28. The van der Waals surface area contributed by atoms with Gasteiger partial charge >= 0.3 is 0 Å². The predicted octanol–water partition coefficient (Wildman–Crippen LogP) is 1.52. The third-order valence-corrected chi connectivity index (χ3v) is 4.28. The Bertz CT molecular complexity index is 634. The van der Waals surface area contributed by atoms with E-state index < -0.39 is 11.7 Å². The Balaban J connectivity index is 1.79. The Morgan fingerprint density at radius 3 is 2.45 bits per heavy atom. The molecule has 1 N–H and O–H groups in total. The smallest absolute Gasteiger partial charge is 0.234 e. The highest BCUT2D eigenvalue weighted by atomic mass is 19.1. The van der Waals surface area contributed by atoms with Gasteiger partial charge in [-0.05, 0) is 24.1 Å². The van der Waals surface area contributed by atoms with Crippen molar-refractivity contribution in [2.24, 2.45) is 0 Å². The summed E-state index contributed by atoms with van der Waals surface area (Å²) in [6, 6.07) is 4.75. The van der Waals surface area contributed by atoms with Crippen molar-refractivity contribution < 1.29 is 18.8 Å². The van der Waals surface area contributed by atoms with Crippen molar-refractivity contribution in [1.82, 2.24) is 5.32 Å². The van der Waals surface area contributed by atoms with E-state index in [4.69, 9.17) is 0 Å². The molecule has 2 aliphatic heterocycles. The molecular weight excluding hydrogens is 287 g/mol. The number of nitrogens with zero attached hydrogens (tertiary/aromatic N) is 1. The summed E-state index contributed by atoms with van der Waals surface area (Å²) in [4.78, 5) is 36.1. The second kappa shape index (κ2) is 5.87. The fraction of sp³-hybridized carbons (Fsp3) is 0.438. The lowest BCUT2D eigenvalue weighted by atomic mass is 9.90. The highest BCUT2D eigenvalue weighted by molar-refractivity contribution is 6.00. The van der Waals surface area contributed by atoms with Gasteiger partial charge < -0.3 is 4.90 Å². The van der Waals surface area contributed by atoms with Gasteiger partial charge in [0.15, 0.2) is 0 Å². The SMILES string of the molecule is O=C1CCN(c2ccc(C3CCC(=O)NC3=O)cc2F)CC1. The molecule has 0 spiro atoms. The lowest BCUT2D eigenvalue weighted by Crippen LogP contribution is -2.39. The van der Waals surface area contributed by atoms with E-state index in [1.165, 1.54) is 6.07 Å². The summed E-state index contributed by atoms with van der Waals surface area (Å²) in [7, 11) is 0. The zero-order valence-electron chi connectivity index (χ0n) is 12.1. The van der Waals surface area contributed by atoms with Crippen molar-refractivity contribution in [2.45, 2.75) is 31.6 Å². The van der Waals surface area contributed by atoms with Crippen molar-refractivity contribution in [3.05, 3.63) is 29.6 Å². The number of benzene rings is 1. The maximum Gasteiger partial charge on any atom is 0.234 e. The van der Waals surface area contributed by atoms with Gasteiger partial charge in [0.25, 0.3) is 0 Å². The van der Waals surface area contributed by atoms with Gasteiger partial charge in [0.2, 0.25) is 11.8 Å². The van der Waals surface area contributed by atoms with Crippen molar-refractivity contribution in [3.63, 3.8) is 0 Å². The third kappa shape index (κ3) is 2.86. The minimum absolute atomic E-state index is 0.205. The Morgan fingerprint density at radius 2 is 1.82 bits per heavy atom. The first-order valence-electron chi connectivity index (χ1n) is 7.44. The minimum Gasteiger partial charge on any atom is -0.368 e. The van der Waals surface area contributed by atoms with E-state index in [0.29, 0.717) is 43.6 Å². The topological polar surface area (TPSA) is 66.5 Å². The van der Waals surface area contributed by atoms with Crippen LogP contribution in [-0.2, 0) is 14.4 Å². The number of anilines is 1. The molecule has 0 radical (unpaired) electrons. The summed E-state index contributed by atoms with van der Waals surface area (Å²) >= 11 is 0. The first-order valence-corrected chi connectivity index (χ1v) is 7.44. The third-order valence-electron chi connectivity index (χ3n) is 4.28. The van der Waals surface area contributed by atoms with E-state index >= 15 is 0 Å². The van der Waals surface area contributed by atoms with Crippen LogP contribution in [0.4, 0.5) is 10.1 Å². The van der Waals surface area contributed by atoms with Crippen LogP contribution in [0.2, 0.25) is 0 Å². The molecule has 2 amide bonds. The molecule has 1 aromatic carbocycles. The Kier molecular flexibility index (Phi) is 3.92. The van der Waals surface area contributed by atoms with Crippen molar-refractivity contribution in [2.75, 3.05) is 18.0 Å². The van der Waals surface area contributed by atoms with E-state index in [-0.39, 0.29) is 24.0 Å². The lowest BCUT2D eigenvalue weighted by Gasteiger charge is -2.29. The van der Waals surface area contributed by atoms with E-state index in [1.54, 1.807) is 12.1 Å². The maximum atomic E-state index is 14.4. The number of Topliss-reactive ketones (excluding diaryl/α,β-unsaturated/α-hetero) is 1. The van der Waals surface area contributed by atoms with Crippen LogP contribution in [0.3, 0.4) is 0 Å². The number of ketones is 1. The summed E-state index contributed by atoms with van der Waals surface area (Å²) in [6.45, 7) is 1.04. The maximum absolute atomic E-state index is 14.4. The number of halogens is 1. The van der Waals surface area contributed by atoms with Crippen LogP contribution in [0.1, 0.15) is 37.2 Å². The van der Waals surface area contributed by atoms with Crippen LogP contribution in [0.25, 0.3) is 0 Å². The largest absolute Gasteiger partial charge is 0.368 e. The van der Waals surface area contributed by atoms with Gasteiger partial charge in [-0.2, -0.15) is 0 Å². The number of hydrogen-bond acceptors (Lipinski definition) is 4. The monoisotopic (exact) mass is 304 g/mol. The van der Waals surface area contributed by atoms with Gasteiger partial charge in [0.05, 0.1) is 11.6 Å². The van der Waals surface area contributed by atoms with Gasteiger partial charge in [0.1, 0.15) is 11.6 Å². The molecule has 2 aliphatic rings. The number of carbonyl (C=O) groups is 3. The van der Waals surface area contributed by atoms with E-state index in [0.717, 1.165) is 0 Å². The molecule has 2 fully saturated rings. The zero-order valence-corrected chi connectivity index (χ0v) is 12.1. The molecule has 1 atom stereocenters. The van der Waals surface area contributed by atoms with Gasteiger partial charge in [-0.1, -0.05) is 6.07 Å².